The van der Waals surface area contributed by atoms with Gasteiger partial charge in [0.25, 0.3) is 0 Å². The van der Waals surface area contributed by atoms with E-state index in [1.165, 1.54) is 0 Å². The fourth-order valence-electron chi connectivity index (χ4n) is 1.39. The number of carbonyl (C=O) groups excluding carboxylic acids is 1. The van der Waals surface area contributed by atoms with Crippen LogP contribution in [0.1, 0.15) is 20.8 Å². The minimum Gasteiger partial charge on any atom is -0.494 e. The number of benzene rings is 1. The van der Waals surface area contributed by atoms with Crippen molar-refractivity contribution in [1.82, 2.24) is 0 Å². The van der Waals surface area contributed by atoms with Crippen LogP contribution >= 0.6 is 0 Å². The number of carbonyl (C=O) groups is 1. The van der Waals surface area contributed by atoms with E-state index in [-0.39, 0.29) is 5.91 Å². The first kappa shape index (κ1) is 14.3. The molecular weight excluding hydrogens is 232 g/mol. The second-order valence-corrected chi connectivity index (χ2v) is 3.80. The Morgan fingerprint density at radius 1 is 1.33 bits per heavy atom. The first-order chi connectivity index (χ1) is 8.58. The van der Waals surface area contributed by atoms with Crippen LogP contribution in [0.4, 0.5) is 5.69 Å². The van der Waals surface area contributed by atoms with Gasteiger partial charge in [0.2, 0.25) is 5.91 Å². The maximum atomic E-state index is 11.6. The van der Waals surface area contributed by atoms with Crippen LogP contribution in [0.3, 0.4) is 0 Å². The standard InChI is InChI=1S/C13H20N2O3/c1-4-17-10-6-7-12(18-5-2)11(8-10)15-13(16)9(3)14/h6-9H,4-5,14H2,1-3H3,(H,15,16)/t9-/m1/s1. The Morgan fingerprint density at radius 2 is 2.00 bits per heavy atom. The third-order valence-electron chi connectivity index (χ3n) is 2.23. The Bertz CT molecular complexity index is 405. The normalized spacial score (nSPS) is 11.8. The third kappa shape index (κ3) is 3.92. The fourth-order valence-corrected chi connectivity index (χ4v) is 1.39. The van der Waals surface area contributed by atoms with E-state index in [0.29, 0.717) is 30.4 Å². The highest BCUT2D eigenvalue weighted by Gasteiger charge is 2.12. The van der Waals surface area contributed by atoms with Gasteiger partial charge in [-0.15, -0.1) is 0 Å². The molecule has 0 fully saturated rings. The molecule has 1 aromatic carbocycles. The van der Waals surface area contributed by atoms with Crippen molar-refractivity contribution in [2.24, 2.45) is 5.73 Å². The molecule has 0 aliphatic heterocycles. The van der Waals surface area contributed by atoms with Gasteiger partial charge < -0.3 is 20.5 Å². The van der Waals surface area contributed by atoms with Crippen LogP contribution in [0.2, 0.25) is 0 Å². The number of nitrogens with two attached hydrogens (primary N) is 1. The zero-order chi connectivity index (χ0) is 13.5. The zero-order valence-electron chi connectivity index (χ0n) is 11.0. The van der Waals surface area contributed by atoms with Gasteiger partial charge in [-0.3, -0.25) is 4.79 Å². The Morgan fingerprint density at radius 3 is 2.56 bits per heavy atom. The van der Waals surface area contributed by atoms with Crippen molar-refractivity contribution >= 4 is 11.6 Å². The van der Waals surface area contributed by atoms with Gasteiger partial charge in [-0.1, -0.05) is 0 Å². The molecule has 0 spiro atoms. The zero-order valence-corrected chi connectivity index (χ0v) is 11.0. The lowest BCUT2D eigenvalue weighted by molar-refractivity contribution is -0.117. The van der Waals surface area contributed by atoms with Crippen molar-refractivity contribution < 1.29 is 14.3 Å². The van der Waals surface area contributed by atoms with Gasteiger partial charge in [0.15, 0.2) is 0 Å². The number of amides is 1. The molecule has 1 rings (SSSR count). The fraction of sp³-hybridized carbons (Fsp3) is 0.462. The van der Waals surface area contributed by atoms with Crippen LogP contribution in [-0.2, 0) is 4.79 Å². The summed E-state index contributed by atoms with van der Waals surface area (Å²) in [5, 5.41) is 2.72. The van der Waals surface area contributed by atoms with Crippen molar-refractivity contribution in [2.75, 3.05) is 18.5 Å². The lowest BCUT2D eigenvalue weighted by Crippen LogP contribution is -2.32. The molecule has 0 saturated heterocycles. The van der Waals surface area contributed by atoms with Crippen molar-refractivity contribution in [3.63, 3.8) is 0 Å². The van der Waals surface area contributed by atoms with Crippen molar-refractivity contribution in [3.05, 3.63) is 18.2 Å². The Labute approximate surface area is 107 Å². The van der Waals surface area contributed by atoms with Crippen LogP contribution in [0, 0.1) is 0 Å². The second-order valence-electron chi connectivity index (χ2n) is 3.80. The minimum absolute atomic E-state index is 0.260. The van der Waals surface area contributed by atoms with Crippen molar-refractivity contribution in [3.8, 4) is 11.5 Å². The first-order valence-corrected chi connectivity index (χ1v) is 6.04. The molecule has 3 N–H and O–H groups in total. The molecule has 0 aromatic heterocycles. The van der Waals surface area contributed by atoms with E-state index in [0.717, 1.165) is 0 Å². The predicted molar refractivity (Wildman–Crippen MR) is 71.1 cm³/mol. The van der Waals surface area contributed by atoms with Crippen LogP contribution in [0.5, 0.6) is 11.5 Å². The van der Waals surface area contributed by atoms with E-state index in [1.54, 1.807) is 25.1 Å². The molecule has 0 radical (unpaired) electrons. The van der Waals surface area contributed by atoms with Gasteiger partial charge in [0.1, 0.15) is 11.5 Å². The summed E-state index contributed by atoms with van der Waals surface area (Å²) in [5.41, 5.74) is 6.09. The molecule has 1 aromatic rings. The number of ether oxygens (including phenoxy) is 2. The minimum atomic E-state index is -0.574. The van der Waals surface area contributed by atoms with E-state index in [9.17, 15) is 4.79 Å². The van der Waals surface area contributed by atoms with Gasteiger partial charge in [-0.05, 0) is 32.9 Å². The van der Waals surface area contributed by atoms with Gasteiger partial charge in [0.05, 0.1) is 24.9 Å². The summed E-state index contributed by atoms with van der Waals surface area (Å²) >= 11 is 0. The van der Waals surface area contributed by atoms with Crippen LogP contribution in [-0.4, -0.2) is 25.2 Å². The summed E-state index contributed by atoms with van der Waals surface area (Å²) < 4.78 is 10.8. The van der Waals surface area contributed by atoms with Gasteiger partial charge >= 0.3 is 0 Å². The largest absolute Gasteiger partial charge is 0.494 e. The maximum Gasteiger partial charge on any atom is 0.241 e. The average molecular weight is 252 g/mol. The first-order valence-electron chi connectivity index (χ1n) is 6.04. The van der Waals surface area contributed by atoms with E-state index in [1.807, 2.05) is 13.8 Å². The Balaban J connectivity index is 2.95. The van der Waals surface area contributed by atoms with Gasteiger partial charge in [-0.25, -0.2) is 0 Å². The van der Waals surface area contributed by atoms with E-state index in [4.69, 9.17) is 15.2 Å². The second kappa shape index (κ2) is 6.86. The van der Waals surface area contributed by atoms with Crippen molar-refractivity contribution in [1.29, 1.82) is 0 Å². The third-order valence-corrected chi connectivity index (χ3v) is 2.23. The van der Waals surface area contributed by atoms with Gasteiger partial charge in [-0.2, -0.15) is 0 Å². The molecule has 100 valence electrons. The van der Waals surface area contributed by atoms with Crippen LogP contribution in [0.25, 0.3) is 0 Å². The van der Waals surface area contributed by atoms with Crippen molar-refractivity contribution in [2.45, 2.75) is 26.8 Å². The number of nitrogens with one attached hydrogen (secondary N) is 1. The SMILES string of the molecule is CCOc1ccc(OCC)c(NC(=O)[C@@H](C)N)c1. The molecule has 0 bridgehead atoms. The van der Waals surface area contributed by atoms with Crippen LogP contribution in [0.15, 0.2) is 18.2 Å². The number of anilines is 1. The van der Waals surface area contributed by atoms with E-state index >= 15 is 0 Å². The summed E-state index contributed by atoms with van der Waals surface area (Å²) in [6.45, 7) is 6.50. The topological polar surface area (TPSA) is 73.6 Å². The quantitative estimate of drug-likeness (QED) is 0.809. The molecule has 0 heterocycles. The van der Waals surface area contributed by atoms with Gasteiger partial charge in [0, 0.05) is 6.07 Å². The van der Waals surface area contributed by atoms with E-state index < -0.39 is 6.04 Å². The molecule has 0 saturated carbocycles. The smallest absolute Gasteiger partial charge is 0.241 e. The molecule has 5 heteroatoms. The summed E-state index contributed by atoms with van der Waals surface area (Å²) in [5.74, 6) is 1.03. The summed E-state index contributed by atoms with van der Waals surface area (Å²) in [6.07, 6.45) is 0. The average Bonchev–Trinajstić information content (AvgIpc) is 2.33. The molecule has 1 amide bonds. The highest BCUT2D eigenvalue weighted by atomic mass is 16.5. The number of rotatable bonds is 6. The highest BCUT2D eigenvalue weighted by molar-refractivity contribution is 5.95. The molecule has 0 unspecified atom stereocenters. The van der Waals surface area contributed by atoms with E-state index in [2.05, 4.69) is 5.32 Å². The molecule has 0 aliphatic carbocycles. The number of hydrogen-bond donors (Lipinski definition) is 2. The lowest BCUT2D eigenvalue weighted by Gasteiger charge is -2.14. The molecule has 5 nitrogen and oxygen atoms in total. The predicted octanol–water partition coefficient (Wildman–Crippen LogP) is 1.77. The monoisotopic (exact) mass is 252 g/mol. The summed E-state index contributed by atoms with van der Waals surface area (Å²) in [6, 6.07) is 4.73. The molecule has 1 atom stereocenters. The summed E-state index contributed by atoms with van der Waals surface area (Å²) in [7, 11) is 0. The summed E-state index contributed by atoms with van der Waals surface area (Å²) in [4.78, 5) is 11.6. The lowest BCUT2D eigenvalue weighted by atomic mass is 10.2. The molecule has 0 aliphatic rings. The van der Waals surface area contributed by atoms with Crippen LogP contribution < -0.4 is 20.5 Å². The highest BCUT2D eigenvalue weighted by Crippen LogP contribution is 2.29. The molecule has 18 heavy (non-hydrogen) atoms. The number of hydrogen-bond acceptors (Lipinski definition) is 4. The Hall–Kier alpha value is -1.75. The Kier molecular flexibility index (Phi) is 5.45. The molecular formula is C13H20N2O3. The maximum absolute atomic E-state index is 11.6.